The van der Waals surface area contributed by atoms with E-state index in [1.165, 1.54) is 76.9 Å². The van der Waals surface area contributed by atoms with Crippen molar-refractivity contribution in [3.8, 4) is 0 Å². The molecule has 3 rings (SSSR count). The van der Waals surface area contributed by atoms with Gasteiger partial charge in [-0.3, -0.25) is 4.98 Å². The molecular weight excluding hydrogens is 258 g/mol. The number of hydrogen-bond donors (Lipinski definition) is 0. The van der Waals surface area contributed by atoms with Crippen LogP contribution in [0.5, 0.6) is 0 Å². The molecule has 21 heavy (non-hydrogen) atoms. The summed E-state index contributed by atoms with van der Waals surface area (Å²) in [6, 6.07) is 4.40. The number of hydrogen-bond acceptors (Lipinski definition) is 3. The number of likely N-dealkylation sites (tertiary alicyclic amines) is 1. The van der Waals surface area contributed by atoms with E-state index in [0.717, 1.165) is 11.6 Å². The smallest absolute Gasteiger partial charge is 0.0399 e. The number of pyridine rings is 1. The predicted octanol–water partition coefficient (Wildman–Crippen LogP) is 3.48. The summed E-state index contributed by atoms with van der Waals surface area (Å²) in [4.78, 5) is 9.61. The summed E-state index contributed by atoms with van der Waals surface area (Å²) in [7, 11) is 0. The molecule has 2 aliphatic rings. The van der Waals surface area contributed by atoms with Crippen molar-refractivity contribution < 1.29 is 0 Å². The first kappa shape index (κ1) is 14.8. The molecule has 0 N–H and O–H groups in total. The van der Waals surface area contributed by atoms with Crippen LogP contribution in [0.3, 0.4) is 0 Å². The van der Waals surface area contributed by atoms with E-state index < -0.39 is 0 Å². The number of anilines is 1. The van der Waals surface area contributed by atoms with Crippen LogP contribution in [0.15, 0.2) is 18.3 Å². The van der Waals surface area contributed by atoms with Crippen molar-refractivity contribution in [2.45, 2.75) is 45.4 Å². The van der Waals surface area contributed by atoms with Gasteiger partial charge in [0.15, 0.2) is 0 Å². The summed E-state index contributed by atoms with van der Waals surface area (Å²) in [5.41, 5.74) is 2.49. The molecule has 0 aromatic carbocycles. The van der Waals surface area contributed by atoms with Crippen molar-refractivity contribution in [3.63, 3.8) is 0 Å². The van der Waals surface area contributed by atoms with Crippen LogP contribution in [0.1, 0.15) is 44.2 Å². The quantitative estimate of drug-likeness (QED) is 0.848. The van der Waals surface area contributed by atoms with Crippen molar-refractivity contribution >= 4 is 5.69 Å². The van der Waals surface area contributed by atoms with Crippen LogP contribution in [0, 0.1) is 12.8 Å². The zero-order valence-electron chi connectivity index (χ0n) is 13.4. The summed E-state index contributed by atoms with van der Waals surface area (Å²) in [5, 5.41) is 0. The van der Waals surface area contributed by atoms with Gasteiger partial charge in [0.05, 0.1) is 0 Å². The van der Waals surface area contributed by atoms with Gasteiger partial charge in [0.1, 0.15) is 0 Å². The molecule has 3 nitrogen and oxygen atoms in total. The maximum Gasteiger partial charge on any atom is 0.0399 e. The van der Waals surface area contributed by atoms with E-state index in [0.29, 0.717) is 0 Å². The third kappa shape index (κ3) is 4.19. The molecule has 0 radical (unpaired) electrons. The zero-order valence-corrected chi connectivity index (χ0v) is 13.4. The molecule has 1 aromatic heterocycles. The van der Waals surface area contributed by atoms with Crippen molar-refractivity contribution in [1.29, 1.82) is 0 Å². The van der Waals surface area contributed by atoms with Crippen LogP contribution in [0.4, 0.5) is 5.69 Å². The Morgan fingerprint density at radius 3 is 2.67 bits per heavy atom. The molecule has 1 unspecified atom stereocenters. The summed E-state index contributed by atoms with van der Waals surface area (Å²) in [6.07, 6.45) is 10.4. The number of piperidine rings is 1. The highest BCUT2D eigenvalue weighted by Gasteiger charge is 2.22. The summed E-state index contributed by atoms with van der Waals surface area (Å²) in [5.74, 6) is 0.838. The maximum absolute atomic E-state index is 4.32. The van der Waals surface area contributed by atoms with Gasteiger partial charge in [0, 0.05) is 37.2 Å². The van der Waals surface area contributed by atoms with E-state index >= 15 is 0 Å². The second kappa shape index (κ2) is 7.26. The van der Waals surface area contributed by atoms with Crippen molar-refractivity contribution in [1.82, 2.24) is 9.88 Å². The van der Waals surface area contributed by atoms with Crippen molar-refractivity contribution in [2.24, 2.45) is 5.92 Å². The van der Waals surface area contributed by atoms with Crippen LogP contribution in [0.2, 0.25) is 0 Å². The van der Waals surface area contributed by atoms with Crippen molar-refractivity contribution in [3.05, 3.63) is 24.0 Å². The second-order valence-corrected chi connectivity index (χ2v) is 6.82. The molecule has 2 aliphatic heterocycles. The average Bonchev–Trinajstić information content (AvgIpc) is 2.76. The Morgan fingerprint density at radius 2 is 1.90 bits per heavy atom. The lowest BCUT2D eigenvalue weighted by Crippen LogP contribution is -2.41. The Morgan fingerprint density at radius 1 is 1.10 bits per heavy atom. The minimum absolute atomic E-state index is 0.838. The fraction of sp³-hybridized carbons (Fsp3) is 0.722. The molecule has 2 saturated heterocycles. The van der Waals surface area contributed by atoms with E-state index in [1.807, 2.05) is 6.20 Å². The van der Waals surface area contributed by atoms with E-state index in [4.69, 9.17) is 0 Å². The second-order valence-electron chi connectivity index (χ2n) is 6.82. The summed E-state index contributed by atoms with van der Waals surface area (Å²) < 4.78 is 0. The first-order chi connectivity index (χ1) is 10.3. The third-order valence-corrected chi connectivity index (χ3v) is 4.98. The zero-order chi connectivity index (χ0) is 14.5. The highest BCUT2D eigenvalue weighted by atomic mass is 15.2. The number of nitrogens with zero attached hydrogens (tertiary/aromatic N) is 3. The lowest BCUT2D eigenvalue weighted by molar-refractivity contribution is 0.222. The van der Waals surface area contributed by atoms with Gasteiger partial charge in [-0.05, 0) is 63.7 Å². The minimum atomic E-state index is 0.838. The molecule has 1 atom stereocenters. The number of aryl methyl sites for hydroxylation is 1. The highest BCUT2D eigenvalue weighted by Crippen LogP contribution is 2.24. The molecule has 0 amide bonds. The Kier molecular flexibility index (Phi) is 5.13. The van der Waals surface area contributed by atoms with Gasteiger partial charge >= 0.3 is 0 Å². The average molecular weight is 287 g/mol. The summed E-state index contributed by atoms with van der Waals surface area (Å²) in [6.45, 7) is 8.47. The van der Waals surface area contributed by atoms with E-state index in [1.54, 1.807) is 0 Å². The molecule has 0 bridgehead atoms. The van der Waals surface area contributed by atoms with Gasteiger partial charge in [-0.2, -0.15) is 0 Å². The maximum atomic E-state index is 4.32. The fourth-order valence-electron chi connectivity index (χ4n) is 3.86. The van der Waals surface area contributed by atoms with E-state index in [9.17, 15) is 0 Å². The lowest BCUT2D eigenvalue weighted by Gasteiger charge is -2.36. The largest absolute Gasteiger partial charge is 0.371 e. The van der Waals surface area contributed by atoms with E-state index in [2.05, 4.69) is 33.8 Å². The molecule has 0 aliphatic carbocycles. The Bertz CT molecular complexity index is 438. The molecule has 2 fully saturated rings. The van der Waals surface area contributed by atoms with Gasteiger partial charge in [-0.1, -0.05) is 12.8 Å². The predicted molar refractivity (Wildman–Crippen MR) is 88.8 cm³/mol. The number of aromatic nitrogens is 1. The topological polar surface area (TPSA) is 19.4 Å². The van der Waals surface area contributed by atoms with E-state index in [-0.39, 0.29) is 0 Å². The van der Waals surface area contributed by atoms with Gasteiger partial charge < -0.3 is 9.80 Å². The standard InChI is InChI=1S/C18H29N3/c1-16-13-18(8-9-19-16)21-12-6-7-17(15-21)14-20-10-4-2-3-5-11-20/h8-9,13,17H,2-7,10-12,14-15H2,1H3. The normalized spacial score (nSPS) is 24.8. The Hall–Kier alpha value is -1.09. The van der Waals surface area contributed by atoms with Gasteiger partial charge in [0.25, 0.3) is 0 Å². The van der Waals surface area contributed by atoms with Crippen LogP contribution in [-0.4, -0.2) is 42.6 Å². The third-order valence-electron chi connectivity index (χ3n) is 4.98. The van der Waals surface area contributed by atoms with Crippen LogP contribution >= 0.6 is 0 Å². The Labute approximate surface area is 129 Å². The molecule has 0 spiro atoms. The molecule has 0 saturated carbocycles. The first-order valence-electron chi connectivity index (χ1n) is 8.71. The van der Waals surface area contributed by atoms with Gasteiger partial charge in [-0.15, -0.1) is 0 Å². The van der Waals surface area contributed by atoms with Gasteiger partial charge in [-0.25, -0.2) is 0 Å². The van der Waals surface area contributed by atoms with Crippen LogP contribution < -0.4 is 4.90 Å². The van der Waals surface area contributed by atoms with Crippen molar-refractivity contribution in [2.75, 3.05) is 37.6 Å². The molecule has 1 aromatic rings. The molecule has 116 valence electrons. The Balaban J connectivity index is 1.57. The first-order valence-corrected chi connectivity index (χ1v) is 8.71. The molecule has 3 heteroatoms. The summed E-state index contributed by atoms with van der Waals surface area (Å²) >= 11 is 0. The SMILES string of the molecule is Cc1cc(N2CCCC(CN3CCCCCC3)C2)ccn1. The molecule has 3 heterocycles. The monoisotopic (exact) mass is 287 g/mol. The number of rotatable bonds is 3. The molecular formula is C18H29N3. The lowest BCUT2D eigenvalue weighted by atomic mass is 9.96. The minimum Gasteiger partial charge on any atom is -0.371 e. The van der Waals surface area contributed by atoms with Crippen LogP contribution in [-0.2, 0) is 0 Å². The fourth-order valence-corrected chi connectivity index (χ4v) is 3.86. The van der Waals surface area contributed by atoms with Gasteiger partial charge in [0.2, 0.25) is 0 Å². The van der Waals surface area contributed by atoms with Crippen LogP contribution in [0.25, 0.3) is 0 Å². The highest BCUT2D eigenvalue weighted by molar-refractivity contribution is 5.46.